The van der Waals surface area contributed by atoms with Crippen LogP contribution in [-0.4, -0.2) is 39.0 Å². The van der Waals surface area contributed by atoms with Crippen molar-refractivity contribution in [2.45, 2.75) is 38.0 Å². The van der Waals surface area contributed by atoms with Crippen LogP contribution in [0.5, 0.6) is 5.88 Å². The van der Waals surface area contributed by atoms with Crippen LogP contribution in [0.3, 0.4) is 0 Å². The van der Waals surface area contributed by atoms with Gasteiger partial charge < -0.3 is 15.2 Å². The van der Waals surface area contributed by atoms with Crippen LogP contribution in [0.4, 0.5) is 10.2 Å². The highest BCUT2D eigenvalue weighted by atomic mass is 19.1. The molecule has 9 heteroatoms. The van der Waals surface area contributed by atoms with Gasteiger partial charge in [-0.25, -0.2) is 14.1 Å². The lowest BCUT2D eigenvalue weighted by molar-refractivity contribution is -0.137. The first-order valence-corrected chi connectivity index (χ1v) is 11.2. The van der Waals surface area contributed by atoms with Crippen molar-refractivity contribution in [3.8, 4) is 11.9 Å². The number of carbonyl (C=O) groups is 1. The smallest absolute Gasteiger partial charge is 0.303 e. The minimum atomic E-state index is -0.979. The molecule has 3 aromatic rings. The van der Waals surface area contributed by atoms with E-state index in [1.54, 1.807) is 23.9 Å². The zero-order valence-corrected chi connectivity index (χ0v) is 18.9. The van der Waals surface area contributed by atoms with Crippen molar-refractivity contribution in [2.75, 3.05) is 18.5 Å². The fourth-order valence-corrected chi connectivity index (χ4v) is 4.16. The zero-order valence-electron chi connectivity index (χ0n) is 18.9. The molecular weight excluding hydrogens is 437 g/mol. The maximum absolute atomic E-state index is 13.7. The molecule has 0 spiro atoms. The van der Waals surface area contributed by atoms with Gasteiger partial charge in [0.1, 0.15) is 17.7 Å². The fourth-order valence-electron chi connectivity index (χ4n) is 4.16. The molecule has 34 heavy (non-hydrogen) atoms. The van der Waals surface area contributed by atoms with E-state index in [1.165, 1.54) is 23.8 Å². The number of carboxylic acids is 1. The number of hydrogen-bond donors (Lipinski definition) is 2. The van der Waals surface area contributed by atoms with E-state index < -0.39 is 17.7 Å². The van der Waals surface area contributed by atoms with Crippen LogP contribution in [-0.2, 0) is 31.1 Å². The Morgan fingerprint density at radius 1 is 1.32 bits per heavy atom. The van der Waals surface area contributed by atoms with Gasteiger partial charge in [0.15, 0.2) is 0 Å². The first kappa shape index (κ1) is 23.2. The van der Waals surface area contributed by atoms with Crippen LogP contribution >= 0.6 is 0 Å². The largest absolute Gasteiger partial charge is 0.481 e. The second kappa shape index (κ2) is 10.3. The third kappa shape index (κ3) is 5.52. The molecule has 1 aliphatic heterocycles. The Balaban J connectivity index is 1.41. The second-order valence-corrected chi connectivity index (χ2v) is 8.39. The lowest BCUT2D eigenvalue weighted by Gasteiger charge is -2.17. The molecule has 1 aromatic carbocycles. The van der Waals surface area contributed by atoms with Gasteiger partial charge in [0, 0.05) is 31.8 Å². The number of nitrogens with zero attached hydrogens (tertiary/aromatic N) is 4. The highest BCUT2D eigenvalue weighted by molar-refractivity contribution is 5.68. The van der Waals surface area contributed by atoms with Crippen molar-refractivity contribution in [1.82, 2.24) is 14.8 Å². The lowest BCUT2D eigenvalue weighted by atomic mass is 9.90. The fraction of sp³-hybridized carbons (Fsp3) is 0.360. The number of carboxylic acid groups (broad SMARTS) is 1. The van der Waals surface area contributed by atoms with Gasteiger partial charge in [-0.3, -0.25) is 4.79 Å². The van der Waals surface area contributed by atoms with Crippen LogP contribution in [0.2, 0.25) is 0 Å². The maximum atomic E-state index is 13.7. The van der Waals surface area contributed by atoms with Crippen molar-refractivity contribution in [2.24, 2.45) is 7.05 Å². The number of aryl methyl sites for hydroxylation is 2. The summed E-state index contributed by atoms with van der Waals surface area (Å²) in [6, 6.07) is 11.8. The highest BCUT2D eigenvalue weighted by Gasteiger charge is 2.20. The topological polar surface area (TPSA) is 113 Å². The summed E-state index contributed by atoms with van der Waals surface area (Å²) >= 11 is 0. The van der Waals surface area contributed by atoms with E-state index in [4.69, 9.17) is 10.00 Å². The van der Waals surface area contributed by atoms with Crippen molar-refractivity contribution in [1.29, 1.82) is 5.26 Å². The molecule has 0 saturated carbocycles. The van der Waals surface area contributed by atoms with Crippen LogP contribution in [0.15, 0.2) is 36.4 Å². The molecule has 176 valence electrons. The number of fused-ring (bicyclic) bond motifs is 1. The number of aromatic nitrogens is 3. The molecule has 0 radical (unpaired) electrons. The predicted molar refractivity (Wildman–Crippen MR) is 123 cm³/mol. The Morgan fingerprint density at radius 3 is 2.97 bits per heavy atom. The van der Waals surface area contributed by atoms with E-state index >= 15 is 0 Å². The Labute approximate surface area is 197 Å². The number of benzene rings is 1. The number of hydrogen-bond acceptors (Lipinski definition) is 6. The predicted octanol–water partition coefficient (Wildman–Crippen LogP) is 3.61. The average Bonchev–Trinajstić information content (AvgIpc) is 3.17. The molecule has 1 atom stereocenters. The number of anilines is 1. The molecular formula is C25H26FN5O3. The van der Waals surface area contributed by atoms with E-state index in [-0.39, 0.29) is 12.0 Å². The summed E-state index contributed by atoms with van der Waals surface area (Å²) in [5, 5.41) is 26.3. The normalized spacial score (nSPS) is 13.4. The summed E-state index contributed by atoms with van der Waals surface area (Å²) in [7, 11) is 1.76. The molecule has 3 heterocycles. The van der Waals surface area contributed by atoms with Gasteiger partial charge in [-0.05, 0) is 54.5 Å². The minimum Gasteiger partial charge on any atom is -0.481 e. The Hall–Kier alpha value is -3.93. The molecule has 2 aromatic heterocycles. The van der Waals surface area contributed by atoms with Crippen molar-refractivity contribution < 1.29 is 19.0 Å². The second-order valence-electron chi connectivity index (χ2n) is 8.39. The minimum absolute atomic E-state index is 0.107. The Morgan fingerprint density at radius 2 is 2.18 bits per heavy atom. The van der Waals surface area contributed by atoms with Crippen molar-refractivity contribution in [3.05, 3.63) is 70.3 Å². The molecule has 1 unspecified atom stereocenters. The average molecular weight is 464 g/mol. The molecule has 0 amide bonds. The van der Waals surface area contributed by atoms with Crippen LogP contribution < -0.4 is 10.1 Å². The molecule has 8 nitrogen and oxygen atoms in total. The summed E-state index contributed by atoms with van der Waals surface area (Å²) in [4.78, 5) is 16.1. The number of rotatable bonds is 9. The highest BCUT2D eigenvalue weighted by Crippen LogP contribution is 2.27. The maximum Gasteiger partial charge on any atom is 0.303 e. The summed E-state index contributed by atoms with van der Waals surface area (Å²) in [5.41, 5.74) is 3.32. The third-order valence-electron chi connectivity index (χ3n) is 5.91. The van der Waals surface area contributed by atoms with Gasteiger partial charge in [-0.1, -0.05) is 12.1 Å². The summed E-state index contributed by atoms with van der Waals surface area (Å²) in [6.07, 6.45) is 2.96. The number of ether oxygens (including phenoxy) is 1. The summed E-state index contributed by atoms with van der Waals surface area (Å²) < 4.78 is 21.3. The third-order valence-corrected chi connectivity index (χ3v) is 5.91. The number of nitrogens with one attached hydrogen (secondary N) is 1. The molecule has 0 aliphatic carbocycles. The van der Waals surface area contributed by atoms with Crippen LogP contribution in [0.25, 0.3) is 0 Å². The van der Waals surface area contributed by atoms with E-state index in [0.29, 0.717) is 36.6 Å². The van der Waals surface area contributed by atoms with Gasteiger partial charge in [0.2, 0.25) is 5.88 Å². The van der Waals surface area contributed by atoms with Gasteiger partial charge in [0.05, 0.1) is 24.3 Å². The van der Waals surface area contributed by atoms with Gasteiger partial charge in [-0.2, -0.15) is 10.4 Å². The van der Waals surface area contributed by atoms with Crippen LogP contribution in [0, 0.1) is 17.1 Å². The van der Waals surface area contributed by atoms with Crippen LogP contribution in [0.1, 0.15) is 46.8 Å². The summed E-state index contributed by atoms with van der Waals surface area (Å²) in [6.45, 7) is 1.36. The standard InChI is InChI=1S/C25H26FN5O3/c1-31-23(34-10-8-20-6-4-16-3-2-9-28-25(16)29-20)14-21(30-31)12-18(13-24(32)33)17-5-7-22(26)19(11-17)15-27/h4-7,11,14,18H,2-3,8-10,12-13H2,1H3,(H,28,29)(H,32,33). The molecule has 0 fully saturated rings. The molecule has 1 aliphatic rings. The van der Waals surface area contributed by atoms with Gasteiger partial charge in [0.25, 0.3) is 0 Å². The number of nitriles is 1. The first-order chi connectivity index (χ1) is 16.4. The molecule has 4 rings (SSSR count). The Bertz CT molecular complexity index is 1230. The Kier molecular flexibility index (Phi) is 7.07. The number of pyridine rings is 1. The SMILES string of the molecule is Cn1nc(CC(CC(=O)O)c2ccc(F)c(C#N)c2)cc1OCCc1ccc2c(n1)NCCC2. The summed E-state index contributed by atoms with van der Waals surface area (Å²) in [5.74, 6) is -0.543. The van der Waals surface area contributed by atoms with E-state index in [2.05, 4.69) is 21.5 Å². The molecule has 0 saturated heterocycles. The van der Waals surface area contributed by atoms with Crippen molar-refractivity contribution in [3.63, 3.8) is 0 Å². The van der Waals surface area contributed by atoms with Crippen molar-refractivity contribution >= 4 is 11.8 Å². The zero-order chi connectivity index (χ0) is 24.1. The quantitative estimate of drug-likeness (QED) is 0.498. The number of halogens is 1. The number of aliphatic carboxylic acids is 1. The van der Waals surface area contributed by atoms with Gasteiger partial charge in [-0.15, -0.1) is 0 Å². The molecule has 2 N–H and O–H groups in total. The first-order valence-electron chi connectivity index (χ1n) is 11.2. The lowest BCUT2D eigenvalue weighted by Crippen LogP contribution is -2.14. The van der Waals surface area contributed by atoms with E-state index in [0.717, 1.165) is 30.9 Å². The van der Waals surface area contributed by atoms with Gasteiger partial charge >= 0.3 is 5.97 Å². The monoisotopic (exact) mass is 463 g/mol. The van der Waals surface area contributed by atoms with E-state index in [1.807, 2.05) is 6.07 Å². The molecule has 0 bridgehead atoms. The van der Waals surface area contributed by atoms with E-state index in [9.17, 15) is 14.3 Å².